The van der Waals surface area contributed by atoms with Crippen molar-refractivity contribution >= 4 is 21.6 Å². The highest BCUT2D eigenvalue weighted by Crippen LogP contribution is 2.34. The van der Waals surface area contributed by atoms with Crippen molar-refractivity contribution in [2.24, 2.45) is 0 Å². The first-order chi connectivity index (χ1) is 11.0. The van der Waals surface area contributed by atoms with Crippen LogP contribution in [-0.2, 0) is 14.2 Å². The smallest absolute Gasteiger partial charge is 0.0701 e. The largest absolute Gasteiger partial charge is 0.382 e. The van der Waals surface area contributed by atoms with Crippen LogP contribution in [0.1, 0.15) is 20.8 Å². The molecule has 136 valence electrons. The molecule has 0 aliphatic carbocycles. The third-order valence-electron chi connectivity index (χ3n) is 3.06. The van der Waals surface area contributed by atoms with Crippen molar-refractivity contribution in [2.45, 2.75) is 25.5 Å². The summed E-state index contributed by atoms with van der Waals surface area (Å²) >= 11 is 0. The zero-order chi connectivity index (χ0) is 17.6. The van der Waals surface area contributed by atoms with E-state index in [1.54, 1.807) is 17.9 Å². The van der Waals surface area contributed by atoms with Crippen LogP contribution in [0.15, 0.2) is 24.4 Å². The number of nitrogens with zero attached hydrogens (tertiary/aromatic N) is 1. The van der Waals surface area contributed by atoms with Crippen molar-refractivity contribution in [1.29, 1.82) is 0 Å². The van der Waals surface area contributed by atoms with Gasteiger partial charge in [-0.15, -0.1) is 0 Å². The molecule has 0 N–H and O–H groups in total. The van der Waals surface area contributed by atoms with Crippen LogP contribution >= 0.6 is 21.6 Å². The molecule has 0 fully saturated rings. The van der Waals surface area contributed by atoms with Crippen LogP contribution in [0.4, 0.5) is 0 Å². The average molecular weight is 364 g/mol. The minimum Gasteiger partial charge on any atom is -0.382 e. The highest BCUT2D eigenvalue weighted by molar-refractivity contribution is 8.76. The molecule has 0 saturated carbocycles. The maximum Gasteiger partial charge on any atom is 0.0701 e. The topological polar surface area (TPSA) is 30.9 Å². The molecule has 0 atom stereocenters. The Bertz CT molecular complexity index is 336. The second-order valence-electron chi connectivity index (χ2n) is 5.57. The highest BCUT2D eigenvalue weighted by atomic mass is 33.1. The quantitative estimate of drug-likeness (QED) is 0.250. The lowest BCUT2D eigenvalue weighted by Gasteiger charge is -2.33. The lowest BCUT2D eigenvalue weighted by Crippen LogP contribution is -2.37. The molecule has 0 saturated heterocycles. The Morgan fingerprint density at radius 1 is 1.13 bits per heavy atom. The van der Waals surface area contributed by atoms with E-state index in [-0.39, 0.29) is 4.75 Å². The zero-order valence-electron chi connectivity index (χ0n) is 15.3. The van der Waals surface area contributed by atoms with E-state index in [2.05, 4.69) is 37.7 Å². The van der Waals surface area contributed by atoms with E-state index in [9.17, 15) is 0 Å². The van der Waals surface area contributed by atoms with Gasteiger partial charge in [-0.2, -0.15) is 0 Å². The van der Waals surface area contributed by atoms with Crippen molar-refractivity contribution in [3.8, 4) is 0 Å². The SMILES string of the molecule is C=C/C(=C\C)N(CCOCCOCCOC)CC(C)(C)SSC. The number of methoxy groups -OCH3 is 1. The van der Waals surface area contributed by atoms with E-state index >= 15 is 0 Å². The lowest BCUT2D eigenvalue weighted by molar-refractivity contribution is 0.0211. The average Bonchev–Trinajstić information content (AvgIpc) is 2.50. The summed E-state index contributed by atoms with van der Waals surface area (Å²) in [6.45, 7) is 15.4. The van der Waals surface area contributed by atoms with Gasteiger partial charge in [-0.1, -0.05) is 34.2 Å². The molecule has 23 heavy (non-hydrogen) atoms. The van der Waals surface area contributed by atoms with Crippen LogP contribution in [0.2, 0.25) is 0 Å². The molecule has 0 aliphatic rings. The maximum absolute atomic E-state index is 5.68. The third kappa shape index (κ3) is 12.0. The summed E-state index contributed by atoms with van der Waals surface area (Å²) < 4.78 is 16.2. The number of rotatable bonds is 15. The Hall–Kier alpha value is -0.140. The summed E-state index contributed by atoms with van der Waals surface area (Å²) in [4.78, 5) is 2.34. The molecule has 4 nitrogen and oxygen atoms in total. The third-order valence-corrected chi connectivity index (χ3v) is 5.66. The van der Waals surface area contributed by atoms with E-state index in [1.165, 1.54) is 0 Å². The molecule has 0 bridgehead atoms. The summed E-state index contributed by atoms with van der Waals surface area (Å²) in [6.07, 6.45) is 6.13. The number of hydrogen-bond acceptors (Lipinski definition) is 6. The normalized spacial score (nSPS) is 12.5. The number of ether oxygens (including phenoxy) is 3. The van der Waals surface area contributed by atoms with Crippen molar-refractivity contribution < 1.29 is 14.2 Å². The molecular formula is C17H33NO3S2. The summed E-state index contributed by atoms with van der Waals surface area (Å²) in [5, 5.41) is 0. The van der Waals surface area contributed by atoms with Gasteiger partial charge < -0.3 is 19.1 Å². The van der Waals surface area contributed by atoms with Crippen LogP contribution < -0.4 is 0 Å². The second-order valence-corrected chi connectivity index (χ2v) is 8.67. The van der Waals surface area contributed by atoms with Crippen LogP contribution in [0.3, 0.4) is 0 Å². The fourth-order valence-electron chi connectivity index (χ4n) is 2.08. The summed E-state index contributed by atoms with van der Waals surface area (Å²) in [5.74, 6) is 0. The Balaban J connectivity index is 4.21. The first kappa shape index (κ1) is 22.9. The van der Waals surface area contributed by atoms with Gasteiger partial charge in [0.1, 0.15) is 0 Å². The van der Waals surface area contributed by atoms with Gasteiger partial charge in [0.2, 0.25) is 0 Å². The van der Waals surface area contributed by atoms with E-state index in [1.807, 2.05) is 23.8 Å². The van der Waals surface area contributed by atoms with Crippen LogP contribution in [0, 0.1) is 0 Å². The van der Waals surface area contributed by atoms with Crippen molar-refractivity contribution in [3.05, 3.63) is 24.4 Å². The number of hydrogen-bond donors (Lipinski definition) is 0. The summed E-state index contributed by atoms with van der Waals surface area (Å²) in [5.41, 5.74) is 1.15. The molecule has 0 spiro atoms. The number of allylic oxidation sites excluding steroid dienone is 2. The monoisotopic (exact) mass is 363 g/mol. The zero-order valence-corrected chi connectivity index (χ0v) is 16.9. The van der Waals surface area contributed by atoms with Crippen molar-refractivity contribution in [2.75, 3.05) is 59.5 Å². The predicted molar refractivity (Wildman–Crippen MR) is 104 cm³/mol. The fourth-order valence-corrected chi connectivity index (χ4v) is 4.25. The van der Waals surface area contributed by atoms with E-state index < -0.39 is 0 Å². The molecule has 0 radical (unpaired) electrons. The molecule has 0 aromatic heterocycles. The molecule has 0 amide bonds. The Morgan fingerprint density at radius 3 is 2.26 bits per heavy atom. The van der Waals surface area contributed by atoms with Gasteiger partial charge in [0.15, 0.2) is 0 Å². The molecule has 0 rings (SSSR count). The van der Waals surface area contributed by atoms with E-state index in [0.29, 0.717) is 33.0 Å². The lowest BCUT2D eigenvalue weighted by atomic mass is 10.1. The Kier molecular flexibility index (Phi) is 14.1. The van der Waals surface area contributed by atoms with Gasteiger partial charge >= 0.3 is 0 Å². The van der Waals surface area contributed by atoms with Crippen LogP contribution in [-0.4, -0.2) is 69.1 Å². The first-order valence-corrected chi connectivity index (χ1v) is 10.5. The molecule has 6 heteroatoms. The molecular weight excluding hydrogens is 330 g/mol. The predicted octanol–water partition coefficient (Wildman–Crippen LogP) is 3.85. The summed E-state index contributed by atoms with van der Waals surface area (Å²) in [7, 11) is 5.37. The standard InChI is InChI=1S/C17H33NO3S2/c1-7-16(8-2)18(15-17(3,4)23-22-6)9-10-20-13-14-21-12-11-19-5/h7-8H,1,9-15H2,2-6H3/b16-8+. The van der Waals surface area contributed by atoms with Gasteiger partial charge in [0.05, 0.1) is 33.0 Å². The van der Waals surface area contributed by atoms with Crippen molar-refractivity contribution in [3.63, 3.8) is 0 Å². The Labute approximate surface area is 150 Å². The summed E-state index contributed by atoms with van der Waals surface area (Å²) in [6, 6.07) is 0. The first-order valence-electron chi connectivity index (χ1n) is 7.90. The minimum atomic E-state index is 0.167. The van der Waals surface area contributed by atoms with Crippen LogP contribution in [0.5, 0.6) is 0 Å². The molecule has 0 aromatic carbocycles. The molecule has 0 unspecified atom stereocenters. The molecule has 0 aliphatic heterocycles. The van der Waals surface area contributed by atoms with Gasteiger partial charge in [-0.25, -0.2) is 0 Å². The van der Waals surface area contributed by atoms with Gasteiger partial charge in [0.25, 0.3) is 0 Å². The van der Waals surface area contributed by atoms with E-state index in [0.717, 1.165) is 18.8 Å². The van der Waals surface area contributed by atoms with Crippen LogP contribution in [0.25, 0.3) is 0 Å². The molecule has 0 aromatic rings. The van der Waals surface area contributed by atoms with E-state index in [4.69, 9.17) is 14.2 Å². The van der Waals surface area contributed by atoms with Gasteiger partial charge in [-0.05, 0) is 33.1 Å². The van der Waals surface area contributed by atoms with Gasteiger partial charge in [-0.3, -0.25) is 0 Å². The maximum atomic E-state index is 5.68. The van der Waals surface area contributed by atoms with Gasteiger partial charge in [0, 0.05) is 30.6 Å². The van der Waals surface area contributed by atoms with Crippen molar-refractivity contribution in [1.82, 2.24) is 4.90 Å². The molecule has 0 heterocycles. The Morgan fingerprint density at radius 2 is 1.74 bits per heavy atom. The second kappa shape index (κ2) is 14.2. The fraction of sp³-hybridized carbons (Fsp3) is 0.765. The highest BCUT2D eigenvalue weighted by Gasteiger charge is 2.22. The minimum absolute atomic E-state index is 0.167.